The van der Waals surface area contributed by atoms with Crippen molar-refractivity contribution in [3.63, 3.8) is 0 Å². The largest absolute Gasteiger partial charge is 0.508 e. The molecule has 0 spiro atoms. The Bertz CT molecular complexity index is 766. The third-order valence-electron chi connectivity index (χ3n) is 2.98. The van der Waals surface area contributed by atoms with Gasteiger partial charge in [0.15, 0.2) is 6.04 Å². The number of rotatable bonds is 1. The van der Waals surface area contributed by atoms with Crippen molar-refractivity contribution in [2.75, 3.05) is 0 Å². The Kier molecular flexibility index (Phi) is 4.68. The molecule has 0 saturated heterocycles. The average molecular weight is 353 g/mol. The van der Waals surface area contributed by atoms with Gasteiger partial charge in [-0.1, -0.05) is 0 Å². The molecule has 7 heteroatoms. The van der Waals surface area contributed by atoms with Gasteiger partial charge in [0.25, 0.3) is 0 Å². The normalized spacial score (nSPS) is 17.8. The van der Waals surface area contributed by atoms with Crippen molar-refractivity contribution in [3.8, 4) is 0 Å². The van der Waals surface area contributed by atoms with E-state index < -0.39 is 29.3 Å². The zero-order valence-corrected chi connectivity index (χ0v) is 15.6. The molecule has 1 aromatic rings. The summed E-state index contributed by atoms with van der Waals surface area (Å²) in [6.07, 6.45) is 0.788. The van der Waals surface area contributed by atoms with Gasteiger partial charge in [-0.3, -0.25) is 4.90 Å². The molecule has 2 heterocycles. The van der Waals surface area contributed by atoms with Crippen LogP contribution in [0.1, 0.15) is 41.5 Å². The van der Waals surface area contributed by atoms with Crippen molar-refractivity contribution in [3.05, 3.63) is 21.2 Å². The zero-order chi connectivity index (χ0) is 18.3. The summed E-state index contributed by atoms with van der Waals surface area (Å²) in [6, 6.07) is 0.504. The SMILES string of the molecule is CC(C)(C)OC(=O)C1C(O)=c2sccc2=CN1C(=O)OC(C)(C)C. The molecule has 1 amide bonds. The van der Waals surface area contributed by atoms with Gasteiger partial charge in [-0.2, -0.15) is 0 Å². The molecule has 0 bridgehead atoms. The average Bonchev–Trinajstić information content (AvgIpc) is 2.82. The quantitative estimate of drug-likeness (QED) is 0.783. The molecule has 24 heavy (non-hydrogen) atoms. The van der Waals surface area contributed by atoms with E-state index in [0.29, 0.717) is 9.75 Å². The molecule has 2 rings (SSSR count). The van der Waals surface area contributed by atoms with Crippen LogP contribution in [0.5, 0.6) is 0 Å². The number of carbonyl (C=O) groups is 2. The Morgan fingerprint density at radius 3 is 2.25 bits per heavy atom. The maximum Gasteiger partial charge on any atom is 0.415 e. The van der Waals surface area contributed by atoms with Crippen molar-refractivity contribution in [1.29, 1.82) is 0 Å². The fourth-order valence-corrected chi connectivity index (χ4v) is 3.00. The number of nitrogens with zero attached hydrogens (tertiary/aromatic N) is 1. The van der Waals surface area contributed by atoms with E-state index in [1.54, 1.807) is 53.0 Å². The molecule has 1 aliphatic heterocycles. The Morgan fingerprint density at radius 2 is 1.71 bits per heavy atom. The van der Waals surface area contributed by atoms with Crippen molar-refractivity contribution in [2.24, 2.45) is 0 Å². The molecule has 1 atom stereocenters. The molecule has 0 fully saturated rings. The van der Waals surface area contributed by atoms with Crippen LogP contribution in [0.25, 0.3) is 12.0 Å². The van der Waals surface area contributed by atoms with Crippen molar-refractivity contribution in [1.82, 2.24) is 4.90 Å². The van der Waals surface area contributed by atoms with E-state index in [-0.39, 0.29) is 5.76 Å². The maximum absolute atomic E-state index is 12.6. The molecule has 0 saturated carbocycles. The van der Waals surface area contributed by atoms with E-state index in [9.17, 15) is 14.7 Å². The number of aliphatic hydroxyl groups is 1. The van der Waals surface area contributed by atoms with Gasteiger partial charge in [-0.25, -0.2) is 9.59 Å². The monoisotopic (exact) mass is 353 g/mol. The molecule has 1 aromatic heterocycles. The van der Waals surface area contributed by atoms with E-state index in [1.807, 2.05) is 0 Å². The summed E-state index contributed by atoms with van der Waals surface area (Å²) in [6.45, 7) is 10.4. The topological polar surface area (TPSA) is 76.1 Å². The first kappa shape index (κ1) is 18.3. The van der Waals surface area contributed by atoms with Gasteiger partial charge in [0.1, 0.15) is 17.0 Å². The summed E-state index contributed by atoms with van der Waals surface area (Å²) >= 11 is 1.29. The van der Waals surface area contributed by atoms with Crippen molar-refractivity contribution >= 4 is 35.4 Å². The van der Waals surface area contributed by atoms with Crippen LogP contribution in [-0.4, -0.2) is 39.3 Å². The highest BCUT2D eigenvalue weighted by molar-refractivity contribution is 7.07. The molecule has 1 unspecified atom stereocenters. The highest BCUT2D eigenvalue weighted by Gasteiger charge is 2.40. The molecule has 1 aliphatic rings. The third-order valence-corrected chi connectivity index (χ3v) is 3.93. The van der Waals surface area contributed by atoms with Gasteiger partial charge < -0.3 is 14.6 Å². The van der Waals surface area contributed by atoms with Crippen LogP contribution < -0.4 is 9.75 Å². The molecule has 0 aliphatic carbocycles. The lowest BCUT2D eigenvalue weighted by atomic mass is 10.1. The van der Waals surface area contributed by atoms with E-state index in [2.05, 4.69) is 0 Å². The lowest BCUT2D eigenvalue weighted by Crippen LogP contribution is -2.52. The predicted molar refractivity (Wildman–Crippen MR) is 91.8 cm³/mol. The van der Waals surface area contributed by atoms with Crippen molar-refractivity contribution < 1.29 is 24.2 Å². The molecule has 0 aromatic carbocycles. The number of fused-ring (bicyclic) bond motifs is 1. The Balaban J connectivity index is 2.46. The number of thiophene rings is 1. The molecule has 6 nitrogen and oxygen atoms in total. The van der Waals surface area contributed by atoms with Crippen LogP contribution >= 0.6 is 11.3 Å². The fraction of sp³-hybridized carbons (Fsp3) is 0.529. The lowest BCUT2D eigenvalue weighted by molar-refractivity contribution is -0.158. The summed E-state index contributed by atoms with van der Waals surface area (Å²) in [5.41, 5.74) is -1.47. The minimum atomic E-state index is -1.26. The summed E-state index contributed by atoms with van der Waals surface area (Å²) in [5, 5.41) is 13.0. The Morgan fingerprint density at radius 1 is 1.12 bits per heavy atom. The molecular weight excluding hydrogens is 330 g/mol. The zero-order valence-electron chi connectivity index (χ0n) is 14.7. The number of carbonyl (C=O) groups excluding carboxylic acids is 2. The number of hydrogen-bond donors (Lipinski definition) is 1. The highest BCUT2D eigenvalue weighted by Crippen LogP contribution is 2.21. The molecule has 0 radical (unpaired) electrons. The van der Waals surface area contributed by atoms with Crippen LogP contribution in [0.2, 0.25) is 0 Å². The van der Waals surface area contributed by atoms with Gasteiger partial charge in [0, 0.05) is 11.4 Å². The number of aliphatic hydroxyl groups excluding tert-OH is 1. The van der Waals surface area contributed by atoms with Crippen LogP contribution in [0.3, 0.4) is 0 Å². The van der Waals surface area contributed by atoms with Crippen LogP contribution in [0, 0.1) is 0 Å². The summed E-state index contributed by atoms with van der Waals surface area (Å²) < 4.78 is 11.3. The van der Waals surface area contributed by atoms with Gasteiger partial charge in [0.05, 0.1) is 4.53 Å². The van der Waals surface area contributed by atoms with Gasteiger partial charge >= 0.3 is 12.1 Å². The number of hydrogen-bond acceptors (Lipinski definition) is 6. The summed E-state index contributed by atoms with van der Waals surface area (Å²) in [5.74, 6) is -0.913. The number of ether oxygens (including phenoxy) is 2. The van der Waals surface area contributed by atoms with Gasteiger partial charge in [-0.15, -0.1) is 11.3 Å². The van der Waals surface area contributed by atoms with E-state index in [4.69, 9.17) is 9.47 Å². The van der Waals surface area contributed by atoms with Crippen LogP contribution in [0.4, 0.5) is 4.79 Å². The Labute approximate surface area is 145 Å². The minimum Gasteiger partial charge on any atom is -0.508 e. The summed E-state index contributed by atoms with van der Waals surface area (Å²) in [7, 11) is 0. The van der Waals surface area contributed by atoms with E-state index in [0.717, 1.165) is 4.90 Å². The first-order valence-electron chi connectivity index (χ1n) is 7.62. The number of esters is 1. The predicted octanol–water partition coefficient (Wildman–Crippen LogP) is 2.11. The second-order valence-electron chi connectivity index (χ2n) is 7.54. The molecular formula is C17H23NO5S. The van der Waals surface area contributed by atoms with Crippen LogP contribution in [0.15, 0.2) is 11.4 Å². The van der Waals surface area contributed by atoms with Gasteiger partial charge in [0.2, 0.25) is 0 Å². The standard InChI is InChI=1S/C17H23NO5S/c1-16(2,3)22-14(20)11-12(19)13-10(7-8-24-13)9-18(11)15(21)23-17(4,5)6/h7-9,11,19H,1-6H3. The first-order chi connectivity index (χ1) is 10.9. The highest BCUT2D eigenvalue weighted by atomic mass is 32.1. The molecule has 132 valence electrons. The fourth-order valence-electron chi connectivity index (χ4n) is 2.16. The Hall–Kier alpha value is -2.02. The lowest BCUT2D eigenvalue weighted by Gasteiger charge is -2.32. The second-order valence-corrected chi connectivity index (χ2v) is 8.46. The molecule has 1 N–H and O–H groups in total. The van der Waals surface area contributed by atoms with E-state index >= 15 is 0 Å². The van der Waals surface area contributed by atoms with Gasteiger partial charge in [-0.05, 0) is 53.0 Å². The third kappa shape index (κ3) is 4.08. The first-order valence-corrected chi connectivity index (χ1v) is 8.50. The minimum absolute atomic E-state index is 0.206. The van der Waals surface area contributed by atoms with Crippen molar-refractivity contribution in [2.45, 2.75) is 58.8 Å². The second kappa shape index (κ2) is 6.12. The van der Waals surface area contributed by atoms with Crippen LogP contribution in [-0.2, 0) is 14.3 Å². The van der Waals surface area contributed by atoms with E-state index in [1.165, 1.54) is 17.5 Å². The smallest absolute Gasteiger partial charge is 0.415 e. The summed E-state index contributed by atoms with van der Waals surface area (Å²) in [4.78, 5) is 26.2. The maximum atomic E-state index is 12.6. The number of amides is 1.